The lowest BCUT2D eigenvalue weighted by Crippen LogP contribution is -2.43. The Labute approximate surface area is 193 Å². The lowest BCUT2D eigenvalue weighted by Gasteiger charge is -2.38. The maximum absolute atomic E-state index is 11.0. The van der Waals surface area contributed by atoms with E-state index in [-0.39, 0.29) is 12.5 Å². The van der Waals surface area contributed by atoms with E-state index in [1.54, 1.807) is 37.6 Å². The minimum Gasteiger partial charge on any atom is -0.497 e. The van der Waals surface area contributed by atoms with Gasteiger partial charge in [0.2, 0.25) is 0 Å². The molecule has 0 unspecified atom stereocenters. The number of aliphatic hydroxyl groups excluding tert-OH is 2. The molecule has 3 aromatic rings. The van der Waals surface area contributed by atoms with E-state index in [9.17, 15) is 10.2 Å². The maximum Gasteiger partial charge on any atom is 0.119 e. The van der Waals surface area contributed by atoms with Crippen LogP contribution in [-0.4, -0.2) is 59.2 Å². The lowest BCUT2D eigenvalue weighted by atomic mass is 9.81. The van der Waals surface area contributed by atoms with Crippen molar-refractivity contribution in [2.24, 2.45) is 11.8 Å². The Morgan fingerprint density at radius 1 is 1.28 bits per heavy atom. The molecule has 2 N–H and O–H groups in total. The normalized spacial score (nSPS) is 20.5. The number of piperidine rings is 1. The third-order valence-corrected chi connectivity index (χ3v) is 7.49. The summed E-state index contributed by atoms with van der Waals surface area (Å²) in [6, 6.07) is 9.64. The van der Waals surface area contributed by atoms with Crippen LogP contribution >= 0.6 is 11.8 Å². The molecular formula is C25H32N2O4S. The predicted molar refractivity (Wildman–Crippen MR) is 127 cm³/mol. The molecule has 6 nitrogen and oxygen atoms in total. The number of methoxy groups -OCH3 is 1. The molecule has 4 rings (SSSR count). The second-order valence-corrected chi connectivity index (χ2v) is 9.64. The van der Waals surface area contributed by atoms with Crippen molar-refractivity contribution >= 4 is 22.7 Å². The van der Waals surface area contributed by atoms with Crippen molar-refractivity contribution in [1.29, 1.82) is 0 Å². The second-order valence-electron chi connectivity index (χ2n) is 8.48. The Kier molecular flexibility index (Phi) is 8.08. The Bertz CT molecular complexity index is 981. The van der Waals surface area contributed by atoms with Gasteiger partial charge in [-0.15, -0.1) is 11.8 Å². The number of hydrogen-bond donors (Lipinski definition) is 2. The fourth-order valence-corrected chi connectivity index (χ4v) is 5.52. The van der Waals surface area contributed by atoms with E-state index in [1.807, 2.05) is 30.3 Å². The molecule has 2 aromatic heterocycles. The number of aromatic nitrogens is 1. The van der Waals surface area contributed by atoms with Gasteiger partial charge in [0.1, 0.15) is 12.0 Å². The Morgan fingerprint density at radius 2 is 2.19 bits per heavy atom. The van der Waals surface area contributed by atoms with Crippen LogP contribution in [0.4, 0.5) is 0 Å². The number of benzene rings is 1. The number of furan rings is 1. The zero-order chi connectivity index (χ0) is 22.3. The average Bonchev–Trinajstić information content (AvgIpc) is 3.35. The molecule has 1 fully saturated rings. The van der Waals surface area contributed by atoms with Gasteiger partial charge in [0, 0.05) is 41.9 Å². The van der Waals surface area contributed by atoms with E-state index in [2.05, 4.69) is 9.88 Å². The van der Waals surface area contributed by atoms with Gasteiger partial charge in [-0.3, -0.25) is 4.98 Å². The number of nitrogens with zero attached hydrogens (tertiary/aromatic N) is 2. The van der Waals surface area contributed by atoms with Gasteiger partial charge in [-0.2, -0.15) is 0 Å². The first-order valence-corrected chi connectivity index (χ1v) is 12.3. The highest BCUT2D eigenvalue weighted by Gasteiger charge is 2.29. The van der Waals surface area contributed by atoms with Crippen LogP contribution in [0.2, 0.25) is 0 Å². The minimum absolute atomic E-state index is 0.196. The number of thioether (sulfide) groups is 1. The Balaban J connectivity index is 1.31. The summed E-state index contributed by atoms with van der Waals surface area (Å²) in [5, 5.41) is 21.9. The van der Waals surface area contributed by atoms with Gasteiger partial charge in [0.15, 0.2) is 0 Å². The monoisotopic (exact) mass is 456 g/mol. The molecule has 0 radical (unpaired) electrons. The van der Waals surface area contributed by atoms with Gasteiger partial charge >= 0.3 is 0 Å². The van der Waals surface area contributed by atoms with Crippen molar-refractivity contribution < 1.29 is 19.4 Å². The molecule has 0 bridgehead atoms. The van der Waals surface area contributed by atoms with Crippen LogP contribution in [0.1, 0.15) is 30.9 Å². The third kappa shape index (κ3) is 5.64. The van der Waals surface area contributed by atoms with Crippen LogP contribution in [0, 0.1) is 11.8 Å². The van der Waals surface area contributed by atoms with Gasteiger partial charge < -0.3 is 24.3 Å². The number of aliphatic hydroxyl groups is 2. The molecule has 0 saturated carbocycles. The molecule has 1 saturated heterocycles. The standard InChI is InChI=1S/C25H32N2O4S/c1-30-20-3-4-24-23(14-20)22(6-9-26-24)25(29)5-2-18-7-10-27(15-19(18)16-28)11-13-32-21-8-12-31-17-21/h3-4,6,8-9,12,14,17-19,25,28-29H,2,5,7,10-11,13,15-16H2,1H3/t18-,19-,25+/m1/s1. The predicted octanol–water partition coefficient (Wildman–Crippen LogP) is 4.37. The number of pyridine rings is 1. The van der Waals surface area contributed by atoms with Gasteiger partial charge in [-0.05, 0) is 73.5 Å². The second kappa shape index (κ2) is 11.2. The average molecular weight is 457 g/mol. The summed E-state index contributed by atoms with van der Waals surface area (Å²) < 4.78 is 10.5. The fraction of sp³-hybridized carbons (Fsp3) is 0.480. The van der Waals surface area contributed by atoms with Gasteiger partial charge in [0.25, 0.3) is 0 Å². The molecule has 3 heterocycles. The molecule has 172 valence electrons. The molecule has 1 aliphatic rings. The molecule has 0 aliphatic carbocycles. The minimum atomic E-state index is -0.559. The molecule has 1 aliphatic heterocycles. The van der Waals surface area contributed by atoms with Crippen molar-refractivity contribution in [2.75, 3.05) is 39.1 Å². The van der Waals surface area contributed by atoms with Crippen molar-refractivity contribution in [3.05, 3.63) is 54.6 Å². The number of rotatable bonds is 10. The van der Waals surface area contributed by atoms with Crippen LogP contribution < -0.4 is 4.74 Å². The van der Waals surface area contributed by atoms with Crippen LogP contribution in [0.3, 0.4) is 0 Å². The lowest BCUT2D eigenvalue weighted by molar-refractivity contribution is 0.0608. The Morgan fingerprint density at radius 3 is 2.97 bits per heavy atom. The molecular weight excluding hydrogens is 424 g/mol. The highest BCUT2D eigenvalue weighted by molar-refractivity contribution is 7.99. The summed E-state index contributed by atoms with van der Waals surface area (Å²) in [5.41, 5.74) is 1.75. The molecule has 3 atom stereocenters. The van der Waals surface area contributed by atoms with E-state index in [0.29, 0.717) is 12.3 Å². The first-order valence-electron chi connectivity index (χ1n) is 11.3. The largest absolute Gasteiger partial charge is 0.497 e. The summed E-state index contributed by atoms with van der Waals surface area (Å²) in [4.78, 5) is 8.02. The van der Waals surface area contributed by atoms with E-state index in [0.717, 1.165) is 65.3 Å². The summed E-state index contributed by atoms with van der Waals surface area (Å²) in [6.45, 7) is 3.16. The zero-order valence-electron chi connectivity index (χ0n) is 18.5. The van der Waals surface area contributed by atoms with Crippen LogP contribution in [-0.2, 0) is 0 Å². The van der Waals surface area contributed by atoms with Crippen LogP contribution in [0.5, 0.6) is 5.75 Å². The summed E-state index contributed by atoms with van der Waals surface area (Å²) in [6.07, 6.45) is 7.31. The quantitative estimate of drug-likeness (QED) is 0.439. The van der Waals surface area contributed by atoms with Crippen LogP contribution in [0.15, 0.2) is 58.4 Å². The van der Waals surface area contributed by atoms with Crippen molar-refractivity contribution in [1.82, 2.24) is 9.88 Å². The number of ether oxygens (including phenoxy) is 1. The topological polar surface area (TPSA) is 79.0 Å². The molecule has 7 heteroatoms. The van der Waals surface area contributed by atoms with Crippen LogP contribution in [0.25, 0.3) is 10.9 Å². The number of likely N-dealkylation sites (tertiary alicyclic amines) is 1. The van der Waals surface area contributed by atoms with E-state index in [4.69, 9.17) is 9.15 Å². The van der Waals surface area contributed by atoms with Crippen molar-refractivity contribution in [3.8, 4) is 5.75 Å². The fourth-order valence-electron chi connectivity index (χ4n) is 4.66. The molecule has 0 amide bonds. The highest BCUT2D eigenvalue weighted by atomic mass is 32.2. The number of hydrogen-bond acceptors (Lipinski definition) is 7. The van der Waals surface area contributed by atoms with Crippen molar-refractivity contribution in [3.63, 3.8) is 0 Å². The van der Waals surface area contributed by atoms with E-state index in [1.165, 1.54) is 0 Å². The summed E-state index contributed by atoms with van der Waals surface area (Å²) >= 11 is 1.80. The number of fused-ring (bicyclic) bond motifs is 1. The zero-order valence-corrected chi connectivity index (χ0v) is 19.3. The summed E-state index contributed by atoms with van der Waals surface area (Å²) in [5.74, 6) is 2.46. The highest BCUT2D eigenvalue weighted by Crippen LogP contribution is 2.33. The first kappa shape index (κ1) is 23.1. The van der Waals surface area contributed by atoms with Gasteiger partial charge in [0.05, 0.1) is 25.0 Å². The van der Waals surface area contributed by atoms with Gasteiger partial charge in [-0.25, -0.2) is 0 Å². The molecule has 0 spiro atoms. The van der Waals surface area contributed by atoms with Crippen molar-refractivity contribution in [2.45, 2.75) is 30.3 Å². The summed E-state index contributed by atoms with van der Waals surface area (Å²) in [7, 11) is 1.64. The third-order valence-electron chi connectivity index (χ3n) is 6.53. The molecule has 32 heavy (non-hydrogen) atoms. The smallest absolute Gasteiger partial charge is 0.119 e. The van der Waals surface area contributed by atoms with E-state index >= 15 is 0 Å². The SMILES string of the molecule is COc1ccc2nccc([C@@H](O)CC[C@@H]3CCN(CCSc4ccoc4)C[C@@H]3CO)c2c1. The van der Waals surface area contributed by atoms with Gasteiger partial charge in [-0.1, -0.05) is 0 Å². The molecule has 1 aromatic carbocycles. The maximum atomic E-state index is 11.0. The first-order chi connectivity index (χ1) is 15.7. The van der Waals surface area contributed by atoms with E-state index < -0.39 is 6.10 Å². The Hall–Kier alpha value is -2.06.